The predicted octanol–water partition coefficient (Wildman–Crippen LogP) is 2.63. The summed E-state index contributed by atoms with van der Waals surface area (Å²) in [5, 5.41) is 1.23. The summed E-state index contributed by atoms with van der Waals surface area (Å²) >= 11 is 0. The van der Waals surface area contributed by atoms with Crippen molar-refractivity contribution in [3.05, 3.63) is 35.6 Å². The highest BCUT2D eigenvalue weighted by molar-refractivity contribution is 5.82. The lowest BCUT2D eigenvalue weighted by Crippen LogP contribution is -2.00. The fourth-order valence-electron chi connectivity index (χ4n) is 1.81. The van der Waals surface area contributed by atoms with Crippen LogP contribution in [-0.2, 0) is 6.42 Å². The molecule has 0 amide bonds. The average molecular weight is 189 g/mol. The summed E-state index contributed by atoms with van der Waals surface area (Å²) in [6.45, 7) is 2.75. The van der Waals surface area contributed by atoms with Crippen molar-refractivity contribution in [2.24, 2.45) is 5.73 Å². The molecule has 0 atom stereocenters. The monoisotopic (exact) mass is 189 g/mol. The fraction of sp³-hybridized carbons (Fsp3) is 0.333. The molecule has 0 aliphatic rings. The second kappa shape index (κ2) is 3.84. The number of furan rings is 1. The number of nitrogens with two attached hydrogens (primary N) is 1. The lowest BCUT2D eigenvalue weighted by Gasteiger charge is -1.97. The Morgan fingerprint density at radius 1 is 1.29 bits per heavy atom. The smallest absolute Gasteiger partial charge is 0.134 e. The molecule has 1 aromatic heterocycles. The average Bonchev–Trinajstić information content (AvgIpc) is 2.51. The Hall–Kier alpha value is -1.28. The van der Waals surface area contributed by atoms with Crippen LogP contribution < -0.4 is 5.73 Å². The van der Waals surface area contributed by atoms with E-state index in [2.05, 4.69) is 6.07 Å². The van der Waals surface area contributed by atoms with Gasteiger partial charge in [-0.25, -0.2) is 0 Å². The van der Waals surface area contributed by atoms with Gasteiger partial charge < -0.3 is 10.2 Å². The number of hydrogen-bond acceptors (Lipinski definition) is 2. The van der Waals surface area contributed by atoms with E-state index < -0.39 is 0 Å². The molecule has 0 aliphatic heterocycles. The highest BCUT2D eigenvalue weighted by Gasteiger charge is 2.08. The maximum Gasteiger partial charge on any atom is 0.134 e. The number of rotatable bonds is 3. The van der Waals surface area contributed by atoms with E-state index in [1.54, 1.807) is 0 Å². The van der Waals surface area contributed by atoms with Crippen molar-refractivity contribution in [1.82, 2.24) is 0 Å². The molecule has 74 valence electrons. The molecule has 14 heavy (non-hydrogen) atoms. The molecular weight excluding hydrogens is 174 g/mol. The molecular formula is C12H15NO. The minimum atomic E-state index is 0.735. The van der Waals surface area contributed by atoms with Gasteiger partial charge in [0.1, 0.15) is 11.3 Å². The van der Waals surface area contributed by atoms with Crippen LogP contribution >= 0.6 is 0 Å². The summed E-state index contributed by atoms with van der Waals surface area (Å²) in [5.41, 5.74) is 7.80. The summed E-state index contributed by atoms with van der Waals surface area (Å²) < 4.78 is 5.66. The number of benzene rings is 1. The molecule has 1 heterocycles. The van der Waals surface area contributed by atoms with E-state index in [9.17, 15) is 0 Å². The van der Waals surface area contributed by atoms with Crippen LogP contribution in [-0.4, -0.2) is 6.54 Å². The zero-order valence-corrected chi connectivity index (χ0v) is 8.42. The van der Waals surface area contributed by atoms with E-state index in [4.69, 9.17) is 10.2 Å². The summed E-state index contributed by atoms with van der Waals surface area (Å²) in [7, 11) is 0. The topological polar surface area (TPSA) is 39.2 Å². The molecule has 2 aromatic rings. The standard InChI is InChI=1S/C12H15NO/c1-9-10(6-4-8-13)11-5-2-3-7-12(11)14-9/h2-3,5,7H,4,6,8,13H2,1H3. The Kier molecular flexibility index (Phi) is 2.55. The molecule has 0 spiro atoms. The highest BCUT2D eigenvalue weighted by atomic mass is 16.3. The minimum Gasteiger partial charge on any atom is -0.461 e. The van der Waals surface area contributed by atoms with Gasteiger partial charge in [0.25, 0.3) is 0 Å². The second-order valence-corrected chi connectivity index (χ2v) is 3.53. The van der Waals surface area contributed by atoms with Crippen molar-refractivity contribution in [3.63, 3.8) is 0 Å². The van der Waals surface area contributed by atoms with E-state index >= 15 is 0 Å². The van der Waals surface area contributed by atoms with Crippen LogP contribution in [0.15, 0.2) is 28.7 Å². The summed E-state index contributed by atoms with van der Waals surface area (Å²) in [6.07, 6.45) is 2.03. The molecule has 0 saturated carbocycles. The molecule has 1 aromatic carbocycles. The molecule has 2 nitrogen and oxygen atoms in total. The normalized spacial score (nSPS) is 11.0. The number of para-hydroxylation sites is 1. The molecule has 0 radical (unpaired) electrons. The van der Waals surface area contributed by atoms with Gasteiger partial charge in [0.05, 0.1) is 0 Å². The van der Waals surface area contributed by atoms with Crippen LogP contribution in [0.5, 0.6) is 0 Å². The summed E-state index contributed by atoms with van der Waals surface area (Å²) in [4.78, 5) is 0. The molecule has 0 saturated heterocycles. The van der Waals surface area contributed by atoms with Gasteiger partial charge in [-0.05, 0) is 32.4 Å². The van der Waals surface area contributed by atoms with Crippen molar-refractivity contribution < 1.29 is 4.42 Å². The molecule has 2 rings (SSSR count). The third kappa shape index (κ3) is 1.53. The first kappa shape index (κ1) is 9.28. The first-order chi connectivity index (χ1) is 6.83. The van der Waals surface area contributed by atoms with Gasteiger partial charge in [-0.2, -0.15) is 0 Å². The first-order valence-corrected chi connectivity index (χ1v) is 5.00. The van der Waals surface area contributed by atoms with E-state index in [1.807, 2.05) is 25.1 Å². The maximum atomic E-state index is 5.66. The molecule has 0 unspecified atom stereocenters. The van der Waals surface area contributed by atoms with E-state index in [-0.39, 0.29) is 0 Å². The predicted molar refractivity (Wildman–Crippen MR) is 58.3 cm³/mol. The maximum absolute atomic E-state index is 5.66. The van der Waals surface area contributed by atoms with Crippen LogP contribution in [0.4, 0.5) is 0 Å². The zero-order valence-electron chi connectivity index (χ0n) is 8.42. The molecule has 0 aliphatic carbocycles. The molecule has 0 fully saturated rings. The first-order valence-electron chi connectivity index (χ1n) is 5.00. The van der Waals surface area contributed by atoms with Crippen molar-refractivity contribution >= 4 is 11.0 Å². The van der Waals surface area contributed by atoms with Crippen LogP contribution in [0.1, 0.15) is 17.7 Å². The minimum absolute atomic E-state index is 0.735. The van der Waals surface area contributed by atoms with Crippen LogP contribution in [0, 0.1) is 6.92 Å². The van der Waals surface area contributed by atoms with Gasteiger partial charge >= 0.3 is 0 Å². The Balaban J connectivity index is 2.45. The van der Waals surface area contributed by atoms with Gasteiger partial charge in [0, 0.05) is 10.9 Å². The van der Waals surface area contributed by atoms with E-state index in [0.717, 1.165) is 30.7 Å². The molecule has 0 bridgehead atoms. The van der Waals surface area contributed by atoms with Gasteiger partial charge in [-0.3, -0.25) is 0 Å². The van der Waals surface area contributed by atoms with Crippen LogP contribution in [0.3, 0.4) is 0 Å². The Morgan fingerprint density at radius 3 is 2.86 bits per heavy atom. The van der Waals surface area contributed by atoms with Crippen molar-refractivity contribution in [1.29, 1.82) is 0 Å². The highest BCUT2D eigenvalue weighted by Crippen LogP contribution is 2.25. The molecule has 2 N–H and O–H groups in total. The van der Waals surface area contributed by atoms with Crippen LogP contribution in [0.25, 0.3) is 11.0 Å². The van der Waals surface area contributed by atoms with Gasteiger partial charge in [0.2, 0.25) is 0 Å². The molecule has 2 heteroatoms. The van der Waals surface area contributed by atoms with Gasteiger partial charge in [-0.15, -0.1) is 0 Å². The van der Waals surface area contributed by atoms with Gasteiger partial charge in [0.15, 0.2) is 0 Å². The number of hydrogen-bond donors (Lipinski definition) is 1. The third-order valence-corrected chi connectivity index (χ3v) is 2.53. The van der Waals surface area contributed by atoms with Crippen molar-refractivity contribution in [2.45, 2.75) is 19.8 Å². The van der Waals surface area contributed by atoms with Crippen molar-refractivity contribution in [2.75, 3.05) is 6.54 Å². The lowest BCUT2D eigenvalue weighted by atomic mass is 10.1. The number of fused-ring (bicyclic) bond motifs is 1. The van der Waals surface area contributed by atoms with Gasteiger partial charge in [-0.1, -0.05) is 18.2 Å². The van der Waals surface area contributed by atoms with E-state index in [1.165, 1.54) is 10.9 Å². The Bertz CT molecular complexity index is 431. The lowest BCUT2D eigenvalue weighted by molar-refractivity contribution is 0.570. The van der Waals surface area contributed by atoms with Crippen LogP contribution in [0.2, 0.25) is 0 Å². The summed E-state index contributed by atoms with van der Waals surface area (Å²) in [6, 6.07) is 8.16. The zero-order chi connectivity index (χ0) is 9.97. The SMILES string of the molecule is Cc1oc2ccccc2c1CCCN. The fourth-order valence-corrected chi connectivity index (χ4v) is 1.81. The van der Waals surface area contributed by atoms with E-state index in [0.29, 0.717) is 0 Å². The van der Waals surface area contributed by atoms with Crippen molar-refractivity contribution in [3.8, 4) is 0 Å². The second-order valence-electron chi connectivity index (χ2n) is 3.53. The Labute approximate surface area is 83.7 Å². The Morgan fingerprint density at radius 2 is 2.07 bits per heavy atom. The summed E-state index contributed by atoms with van der Waals surface area (Å²) in [5.74, 6) is 1.03. The third-order valence-electron chi connectivity index (χ3n) is 2.53. The number of aryl methyl sites for hydroxylation is 2. The quantitative estimate of drug-likeness (QED) is 0.806. The largest absolute Gasteiger partial charge is 0.461 e.